The van der Waals surface area contributed by atoms with Crippen molar-refractivity contribution in [3.63, 3.8) is 0 Å². The largest absolute Gasteiger partial charge is 0.486 e. The average Bonchev–Trinajstić information content (AvgIpc) is 3.30. The van der Waals surface area contributed by atoms with Gasteiger partial charge in [0.05, 0.1) is 11.3 Å². The standard InChI is InChI=1S/C21H23N5O2S2/c1-21(2,3)15-5-7-16(8-6-15)28-12-17-24-25-20(26(17)4)30-13-18(27)23-19-14(11-22)9-10-29-19/h5-10H,12-13H2,1-4H3,(H,23,27). The van der Waals surface area contributed by atoms with Crippen molar-refractivity contribution in [3.05, 3.63) is 52.7 Å². The van der Waals surface area contributed by atoms with E-state index >= 15 is 0 Å². The Balaban J connectivity index is 1.53. The zero-order chi connectivity index (χ0) is 21.7. The highest BCUT2D eigenvalue weighted by Crippen LogP contribution is 2.25. The van der Waals surface area contributed by atoms with Crippen LogP contribution >= 0.6 is 23.1 Å². The molecule has 0 aliphatic heterocycles. The topological polar surface area (TPSA) is 92.8 Å². The number of thioether (sulfide) groups is 1. The number of carbonyl (C=O) groups excluding carboxylic acids is 1. The van der Waals surface area contributed by atoms with Gasteiger partial charge in [0.25, 0.3) is 0 Å². The van der Waals surface area contributed by atoms with Crippen molar-refractivity contribution in [2.24, 2.45) is 7.05 Å². The van der Waals surface area contributed by atoms with Crippen molar-refractivity contribution in [1.29, 1.82) is 5.26 Å². The minimum absolute atomic E-state index is 0.0974. The zero-order valence-corrected chi connectivity index (χ0v) is 18.9. The molecule has 0 bridgehead atoms. The van der Waals surface area contributed by atoms with Gasteiger partial charge in [0.1, 0.15) is 23.4 Å². The Morgan fingerprint density at radius 1 is 1.27 bits per heavy atom. The third-order valence-corrected chi connectivity index (χ3v) is 6.23. The molecule has 0 saturated heterocycles. The Morgan fingerprint density at radius 3 is 2.67 bits per heavy atom. The van der Waals surface area contributed by atoms with Crippen molar-refractivity contribution in [1.82, 2.24) is 14.8 Å². The van der Waals surface area contributed by atoms with E-state index in [1.54, 1.807) is 11.4 Å². The van der Waals surface area contributed by atoms with Crippen LogP contribution in [0, 0.1) is 11.3 Å². The summed E-state index contributed by atoms with van der Waals surface area (Å²) in [6, 6.07) is 11.8. The van der Waals surface area contributed by atoms with Gasteiger partial charge >= 0.3 is 0 Å². The molecule has 0 saturated carbocycles. The van der Waals surface area contributed by atoms with Gasteiger partial charge in [-0.1, -0.05) is 44.7 Å². The number of aromatic nitrogens is 3. The van der Waals surface area contributed by atoms with Gasteiger partial charge in [0.2, 0.25) is 5.91 Å². The molecule has 1 amide bonds. The van der Waals surface area contributed by atoms with E-state index < -0.39 is 0 Å². The summed E-state index contributed by atoms with van der Waals surface area (Å²) in [5.41, 5.74) is 1.81. The number of amides is 1. The van der Waals surface area contributed by atoms with E-state index in [2.05, 4.69) is 54.5 Å². The summed E-state index contributed by atoms with van der Waals surface area (Å²) < 4.78 is 7.65. The first-order chi connectivity index (χ1) is 14.3. The first-order valence-electron chi connectivity index (χ1n) is 9.30. The van der Waals surface area contributed by atoms with Crippen molar-refractivity contribution in [3.8, 4) is 11.8 Å². The van der Waals surface area contributed by atoms with E-state index in [-0.39, 0.29) is 23.7 Å². The van der Waals surface area contributed by atoms with Gasteiger partial charge in [-0.15, -0.1) is 21.5 Å². The van der Waals surface area contributed by atoms with Crippen LogP contribution in [0.4, 0.5) is 5.00 Å². The van der Waals surface area contributed by atoms with Crippen LogP contribution in [0.25, 0.3) is 0 Å². The number of hydrogen-bond donors (Lipinski definition) is 1. The molecule has 3 aromatic rings. The van der Waals surface area contributed by atoms with Crippen LogP contribution in [0.3, 0.4) is 0 Å². The van der Waals surface area contributed by atoms with E-state index in [0.29, 0.717) is 21.5 Å². The molecule has 7 nitrogen and oxygen atoms in total. The average molecular weight is 442 g/mol. The second-order valence-corrected chi connectivity index (χ2v) is 9.49. The number of nitrogens with one attached hydrogen (secondary N) is 1. The number of hydrogen-bond acceptors (Lipinski definition) is 7. The predicted octanol–water partition coefficient (Wildman–Crippen LogP) is 4.36. The van der Waals surface area contributed by atoms with Crippen LogP contribution in [0.15, 0.2) is 40.9 Å². The molecule has 0 aliphatic carbocycles. The lowest BCUT2D eigenvalue weighted by Crippen LogP contribution is -2.14. The van der Waals surface area contributed by atoms with Gasteiger partial charge in [-0.3, -0.25) is 4.79 Å². The predicted molar refractivity (Wildman–Crippen MR) is 119 cm³/mol. The SMILES string of the molecule is Cn1c(COc2ccc(C(C)(C)C)cc2)nnc1SCC(=O)Nc1sccc1C#N. The maximum Gasteiger partial charge on any atom is 0.235 e. The van der Waals surface area contributed by atoms with Gasteiger partial charge in [-0.25, -0.2) is 0 Å². The number of nitriles is 1. The summed E-state index contributed by atoms with van der Waals surface area (Å²) in [6.07, 6.45) is 0. The summed E-state index contributed by atoms with van der Waals surface area (Å²) in [5, 5.41) is 23.0. The molecule has 0 radical (unpaired) electrons. The number of carbonyl (C=O) groups is 1. The van der Waals surface area contributed by atoms with Crippen LogP contribution < -0.4 is 10.1 Å². The Bertz CT molecular complexity index is 1060. The summed E-state index contributed by atoms with van der Waals surface area (Å²) >= 11 is 2.61. The molecule has 0 unspecified atom stereocenters. The monoisotopic (exact) mass is 441 g/mol. The smallest absolute Gasteiger partial charge is 0.235 e. The number of benzene rings is 1. The second kappa shape index (κ2) is 9.32. The lowest BCUT2D eigenvalue weighted by molar-refractivity contribution is -0.113. The summed E-state index contributed by atoms with van der Waals surface area (Å²) in [4.78, 5) is 12.2. The summed E-state index contributed by atoms with van der Waals surface area (Å²) in [6.45, 7) is 6.80. The molecule has 1 N–H and O–H groups in total. The molecular formula is C21H23N5O2S2. The normalized spacial score (nSPS) is 11.2. The fraction of sp³-hybridized carbons (Fsp3) is 0.333. The van der Waals surface area contributed by atoms with Crippen molar-refractivity contribution < 1.29 is 9.53 Å². The Labute approximate surface area is 184 Å². The van der Waals surface area contributed by atoms with Crippen LogP contribution in [0.1, 0.15) is 37.7 Å². The van der Waals surface area contributed by atoms with Gasteiger partial charge < -0.3 is 14.6 Å². The number of thiophene rings is 1. The maximum absolute atomic E-state index is 12.2. The molecule has 0 spiro atoms. The highest BCUT2D eigenvalue weighted by Gasteiger charge is 2.15. The van der Waals surface area contributed by atoms with Gasteiger partial charge in [-0.05, 0) is 34.6 Å². The molecule has 0 fully saturated rings. The number of rotatable bonds is 7. The third kappa shape index (κ3) is 5.40. The minimum atomic E-state index is -0.196. The molecular weight excluding hydrogens is 418 g/mol. The Kier molecular flexibility index (Phi) is 6.80. The first kappa shape index (κ1) is 21.9. The fourth-order valence-electron chi connectivity index (χ4n) is 2.58. The third-order valence-electron chi connectivity index (χ3n) is 4.38. The van der Waals surface area contributed by atoms with Crippen molar-refractivity contribution in [2.75, 3.05) is 11.1 Å². The maximum atomic E-state index is 12.2. The molecule has 2 aromatic heterocycles. The van der Waals surface area contributed by atoms with Gasteiger partial charge in [-0.2, -0.15) is 5.26 Å². The van der Waals surface area contributed by atoms with Crippen molar-refractivity contribution in [2.45, 2.75) is 37.9 Å². The number of nitrogens with zero attached hydrogens (tertiary/aromatic N) is 4. The second-order valence-electron chi connectivity index (χ2n) is 7.63. The van der Waals surface area contributed by atoms with Crippen LogP contribution in [-0.2, 0) is 23.9 Å². The Morgan fingerprint density at radius 2 is 2.00 bits per heavy atom. The first-order valence-corrected chi connectivity index (χ1v) is 11.2. The van der Waals surface area contributed by atoms with E-state index in [4.69, 9.17) is 10.00 Å². The lowest BCUT2D eigenvalue weighted by atomic mass is 9.87. The number of anilines is 1. The summed E-state index contributed by atoms with van der Waals surface area (Å²) in [7, 11) is 1.84. The fourth-order valence-corrected chi connectivity index (χ4v) is 4.07. The molecule has 0 atom stereocenters. The molecule has 3 rings (SSSR count). The molecule has 1 aromatic carbocycles. The van der Waals surface area contributed by atoms with Gasteiger partial charge in [0, 0.05) is 7.05 Å². The highest BCUT2D eigenvalue weighted by molar-refractivity contribution is 7.99. The van der Waals surface area contributed by atoms with E-state index in [0.717, 1.165) is 5.75 Å². The van der Waals surface area contributed by atoms with E-state index in [1.165, 1.54) is 28.7 Å². The zero-order valence-electron chi connectivity index (χ0n) is 17.3. The molecule has 2 heterocycles. The molecule has 30 heavy (non-hydrogen) atoms. The quantitative estimate of drug-likeness (QED) is 0.548. The number of ether oxygens (including phenoxy) is 1. The van der Waals surface area contributed by atoms with E-state index in [1.807, 2.05) is 23.7 Å². The molecule has 156 valence electrons. The van der Waals surface area contributed by atoms with Crippen LogP contribution in [-0.4, -0.2) is 26.4 Å². The van der Waals surface area contributed by atoms with Gasteiger partial charge in [0.15, 0.2) is 11.0 Å². The molecule has 9 heteroatoms. The lowest BCUT2D eigenvalue weighted by Gasteiger charge is -2.19. The van der Waals surface area contributed by atoms with Crippen LogP contribution in [0.5, 0.6) is 5.75 Å². The highest BCUT2D eigenvalue weighted by atomic mass is 32.2. The van der Waals surface area contributed by atoms with Crippen LogP contribution in [0.2, 0.25) is 0 Å². The molecule has 0 aliphatic rings. The summed E-state index contributed by atoms with van der Waals surface area (Å²) in [5.74, 6) is 1.41. The Hall–Kier alpha value is -2.83. The van der Waals surface area contributed by atoms with E-state index in [9.17, 15) is 4.79 Å². The minimum Gasteiger partial charge on any atom is -0.486 e. The van der Waals surface area contributed by atoms with Crippen molar-refractivity contribution >= 4 is 34.0 Å².